The van der Waals surface area contributed by atoms with Crippen molar-refractivity contribution in [1.82, 2.24) is 14.8 Å². The highest BCUT2D eigenvalue weighted by Gasteiger charge is 2.20. The summed E-state index contributed by atoms with van der Waals surface area (Å²) in [5.41, 5.74) is 4.27. The summed E-state index contributed by atoms with van der Waals surface area (Å²) in [5.74, 6) is -0.585. The van der Waals surface area contributed by atoms with Crippen molar-refractivity contribution in [1.29, 1.82) is 0 Å². The van der Waals surface area contributed by atoms with Crippen molar-refractivity contribution in [2.24, 2.45) is 0 Å². The number of hydrogen-bond acceptors (Lipinski definition) is 4. The molecule has 2 aromatic heterocycles. The molecule has 1 N–H and O–H groups in total. The van der Waals surface area contributed by atoms with Crippen LogP contribution >= 0.6 is 11.3 Å². The van der Waals surface area contributed by atoms with Crippen LogP contribution in [-0.4, -0.2) is 20.7 Å². The topological polar surface area (TPSA) is 59.8 Å². The number of carbonyl (C=O) groups excluding carboxylic acids is 1. The first-order chi connectivity index (χ1) is 13.5. The Kier molecular flexibility index (Phi) is 4.75. The number of nitrogens with zero attached hydrogens (tertiary/aromatic N) is 3. The number of benzene rings is 2. The Morgan fingerprint density at radius 2 is 1.79 bits per heavy atom. The van der Waals surface area contributed by atoms with Crippen molar-refractivity contribution >= 4 is 22.4 Å². The summed E-state index contributed by atoms with van der Waals surface area (Å²) >= 11 is 1.37. The molecule has 0 saturated carbocycles. The number of halogens is 1. The predicted octanol–water partition coefficient (Wildman–Crippen LogP) is 5.00. The van der Waals surface area contributed by atoms with E-state index in [-0.39, 0.29) is 11.7 Å². The number of amides is 1. The average Bonchev–Trinajstić information content (AvgIpc) is 3.27. The van der Waals surface area contributed by atoms with Crippen LogP contribution in [0.25, 0.3) is 16.9 Å². The van der Waals surface area contributed by atoms with E-state index in [9.17, 15) is 9.18 Å². The second-order valence-corrected chi connectivity index (χ2v) is 7.15. The number of rotatable bonds is 4. The molecule has 140 valence electrons. The summed E-state index contributed by atoms with van der Waals surface area (Å²) in [6, 6.07) is 15.8. The van der Waals surface area contributed by atoms with Gasteiger partial charge in [-0.15, -0.1) is 11.3 Å². The van der Waals surface area contributed by atoms with Crippen LogP contribution in [0.4, 0.5) is 9.52 Å². The number of aromatic nitrogens is 3. The van der Waals surface area contributed by atoms with Gasteiger partial charge in [-0.05, 0) is 38.1 Å². The number of thiazole rings is 1. The van der Waals surface area contributed by atoms with Gasteiger partial charge < -0.3 is 0 Å². The highest BCUT2D eigenvalue weighted by molar-refractivity contribution is 7.14. The molecular weight excluding hydrogens is 375 g/mol. The smallest absolute Gasteiger partial charge is 0.261 e. The lowest BCUT2D eigenvalue weighted by Gasteiger charge is -2.05. The zero-order chi connectivity index (χ0) is 19.7. The molecule has 5 nitrogen and oxygen atoms in total. The van der Waals surface area contributed by atoms with Gasteiger partial charge in [0.15, 0.2) is 5.13 Å². The lowest BCUT2D eigenvalue weighted by atomic mass is 10.2. The monoisotopic (exact) mass is 392 g/mol. The Bertz CT molecular complexity index is 1130. The summed E-state index contributed by atoms with van der Waals surface area (Å²) in [4.78, 5) is 17.3. The van der Waals surface area contributed by atoms with Crippen molar-refractivity contribution in [2.45, 2.75) is 13.8 Å². The lowest BCUT2D eigenvalue weighted by molar-refractivity contribution is 0.102. The summed E-state index contributed by atoms with van der Waals surface area (Å²) < 4.78 is 14.8. The predicted molar refractivity (Wildman–Crippen MR) is 108 cm³/mol. The molecule has 0 aliphatic heterocycles. The fraction of sp³-hybridized carbons (Fsp3) is 0.0952. The van der Waals surface area contributed by atoms with Crippen LogP contribution in [0.5, 0.6) is 0 Å². The van der Waals surface area contributed by atoms with Crippen molar-refractivity contribution in [3.63, 3.8) is 0 Å². The van der Waals surface area contributed by atoms with Gasteiger partial charge in [0.25, 0.3) is 5.91 Å². The van der Waals surface area contributed by atoms with E-state index in [1.807, 2.05) is 42.6 Å². The highest BCUT2D eigenvalue weighted by atomic mass is 32.1. The van der Waals surface area contributed by atoms with Crippen molar-refractivity contribution in [3.8, 4) is 16.9 Å². The number of aryl methyl sites for hydroxylation is 1. The van der Waals surface area contributed by atoms with E-state index in [2.05, 4.69) is 15.4 Å². The zero-order valence-corrected chi connectivity index (χ0v) is 16.1. The molecule has 0 spiro atoms. The third kappa shape index (κ3) is 3.44. The van der Waals surface area contributed by atoms with Crippen LogP contribution in [0.2, 0.25) is 0 Å². The maximum Gasteiger partial charge on any atom is 0.261 e. The standard InChI is InChI=1S/C21H17FN4OS/c1-13-19(14(2)26(25-13)17-10-8-16(22)9-11-17)20(27)24-21-23-18(12-28-21)15-6-4-3-5-7-15/h3-12H,1-2H3,(H,23,24,27). The highest BCUT2D eigenvalue weighted by Crippen LogP contribution is 2.26. The van der Waals surface area contributed by atoms with Gasteiger partial charge in [-0.2, -0.15) is 5.10 Å². The normalized spacial score (nSPS) is 10.8. The first kappa shape index (κ1) is 18.1. The third-order valence-electron chi connectivity index (χ3n) is 4.38. The second-order valence-electron chi connectivity index (χ2n) is 6.29. The van der Waals surface area contributed by atoms with Crippen molar-refractivity contribution < 1.29 is 9.18 Å². The van der Waals surface area contributed by atoms with Crippen molar-refractivity contribution in [2.75, 3.05) is 5.32 Å². The summed E-state index contributed by atoms with van der Waals surface area (Å²) in [6.07, 6.45) is 0. The lowest BCUT2D eigenvalue weighted by Crippen LogP contribution is -2.14. The van der Waals surface area contributed by atoms with Gasteiger partial charge in [-0.1, -0.05) is 30.3 Å². The molecule has 0 aliphatic rings. The van der Waals surface area contributed by atoms with Crippen molar-refractivity contribution in [3.05, 3.63) is 82.7 Å². The van der Waals surface area contributed by atoms with E-state index in [1.54, 1.807) is 23.7 Å². The molecule has 28 heavy (non-hydrogen) atoms. The molecule has 0 radical (unpaired) electrons. The molecule has 2 aromatic carbocycles. The largest absolute Gasteiger partial charge is 0.298 e. The molecule has 7 heteroatoms. The van der Waals surface area contributed by atoms with Crippen LogP contribution in [-0.2, 0) is 0 Å². The molecule has 0 unspecified atom stereocenters. The molecule has 0 atom stereocenters. The average molecular weight is 392 g/mol. The van der Waals surface area contributed by atoms with Crippen LogP contribution in [0, 0.1) is 19.7 Å². The first-order valence-electron chi connectivity index (χ1n) is 8.67. The fourth-order valence-corrected chi connectivity index (χ4v) is 3.75. The molecule has 4 aromatic rings. The molecule has 0 aliphatic carbocycles. The number of nitrogens with one attached hydrogen (secondary N) is 1. The van der Waals surface area contributed by atoms with E-state index >= 15 is 0 Å². The Balaban J connectivity index is 1.59. The maximum atomic E-state index is 13.2. The van der Waals surface area contributed by atoms with Crippen LogP contribution in [0.15, 0.2) is 60.0 Å². The van der Waals surface area contributed by atoms with Crippen LogP contribution in [0.1, 0.15) is 21.7 Å². The molecule has 0 saturated heterocycles. The van der Waals surface area contributed by atoms with Gasteiger partial charge in [0.1, 0.15) is 5.82 Å². The number of hydrogen-bond donors (Lipinski definition) is 1. The molecule has 0 bridgehead atoms. The first-order valence-corrected chi connectivity index (χ1v) is 9.55. The SMILES string of the molecule is Cc1nn(-c2ccc(F)cc2)c(C)c1C(=O)Nc1nc(-c2ccccc2)cs1. The molecule has 4 rings (SSSR count). The minimum atomic E-state index is -0.318. The van der Waals surface area contributed by atoms with E-state index in [0.717, 1.165) is 11.3 Å². The van der Waals surface area contributed by atoms with E-state index in [4.69, 9.17) is 0 Å². The summed E-state index contributed by atoms with van der Waals surface area (Å²) in [5, 5.41) is 9.74. The van der Waals surface area contributed by atoms with Gasteiger partial charge in [0.2, 0.25) is 0 Å². The minimum Gasteiger partial charge on any atom is -0.298 e. The molecule has 2 heterocycles. The maximum absolute atomic E-state index is 13.2. The van der Waals surface area contributed by atoms with Gasteiger partial charge in [0.05, 0.1) is 28.3 Å². The van der Waals surface area contributed by atoms with Crippen LogP contribution in [0.3, 0.4) is 0 Å². The number of carbonyl (C=O) groups is 1. The van der Waals surface area contributed by atoms with E-state index < -0.39 is 0 Å². The molecular formula is C21H17FN4OS. The fourth-order valence-electron chi connectivity index (χ4n) is 3.04. The Hall–Kier alpha value is -3.32. The van der Waals surface area contributed by atoms with Gasteiger partial charge >= 0.3 is 0 Å². The Morgan fingerprint density at radius 1 is 1.07 bits per heavy atom. The Labute approximate surface area is 165 Å². The quantitative estimate of drug-likeness (QED) is 0.531. The minimum absolute atomic E-state index is 0.266. The van der Waals surface area contributed by atoms with E-state index in [0.29, 0.717) is 27.8 Å². The van der Waals surface area contributed by atoms with Gasteiger partial charge in [-0.25, -0.2) is 14.1 Å². The third-order valence-corrected chi connectivity index (χ3v) is 5.14. The molecule has 1 amide bonds. The van der Waals surface area contributed by atoms with Gasteiger partial charge in [0, 0.05) is 10.9 Å². The van der Waals surface area contributed by atoms with E-state index in [1.165, 1.54) is 23.5 Å². The Morgan fingerprint density at radius 3 is 2.50 bits per heavy atom. The molecule has 0 fully saturated rings. The summed E-state index contributed by atoms with van der Waals surface area (Å²) in [6.45, 7) is 3.59. The number of anilines is 1. The van der Waals surface area contributed by atoms with Crippen LogP contribution < -0.4 is 5.32 Å². The van der Waals surface area contributed by atoms with Gasteiger partial charge in [-0.3, -0.25) is 10.1 Å². The second kappa shape index (κ2) is 7.36. The zero-order valence-electron chi connectivity index (χ0n) is 15.3. The summed E-state index contributed by atoms with van der Waals surface area (Å²) in [7, 11) is 0.